The minimum absolute atomic E-state index is 0.327. The van der Waals surface area contributed by atoms with Crippen LogP contribution in [0.25, 0.3) is 11.1 Å². The lowest BCUT2D eigenvalue weighted by Gasteiger charge is -2.15. The highest BCUT2D eigenvalue weighted by Crippen LogP contribution is 2.30. The average molecular weight is 339 g/mol. The summed E-state index contributed by atoms with van der Waals surface area (Å²) in [5.74, 6) is -1.53. The molecule has 0 saturated carbocycles. The third kappa shape index (κ3) is 3.89. The number of carbonyl (C=O) groups is 1. The van der Waals surface area contributed by atoms with Gasteiger partial charge in [-0.1, -0.05) is 42.5 Å². The minimum Gasteiger partial charge on any atom is -0.378 e. The van der Waals surface area contributed by atoms with E-state index in [4.69, 9.17) is 0 Å². The molecule has 126 valence electrons. The average Bonchev–Trinajstić information content (AvgIpc) is 2.64. The maximum Gasteiger partial charge on any atom is 0.257 e. The number of hydrogen-bond donors (Lipinski definition) is 2. The summed E-state index contributed by atoms with van der Waals surface area (Å²) in [6, 6.07) is 17.8. The van der Waals surface area contributed by atoms with Gasteiger partial charge in [0.1, 0.15) is 11.6 Å². The van der Waals surface area contributed by atoms with Crippen LogP contribution in [0.4, 0.5) is 14.5 Å². The van der Waals surface area contributed by atoms with Gasteiger partial charge in [-0.15, -0.1) is 0 Å². The first-order chi connectivity index (χ1) is 12.0. The van der Waals surface area contributed by atoms with Gasteiger partial charge in [0.25, 0.3) is 5.91 Å². The second kappa shape index (κ2) is 7.23. The molecular weight excluding hydrogens is 324 g/mol. The van der Waals surface area contributed by atoms with E-state index < -0.39 is 23.6 Å². The van der Waals surface area contributed by atoms with Crippen molar-refractivity contribution in [3.8, 4) is 11.1 Å². The SMILES string of the molecule is O=C(Nc1ccc(F)cc1-c1ccc(F)cc1)C(O)c1ccccc1. The number of amides is 1. The predicted molar refractivity (Wildman–Crippen MR) is 91.8 cm³/mol. The van der Waals surface area contributed by atoms with Crippen LogP contribution in [0.3, 0.4) is 0 Å². The lowest BCUT2D eigenvalue weighted by molar-refractivity contribution is -0.124. The Morgan fingerprint density at radius 1 is 0.880 bits per heavy atom. The first kappa shape index (κ1) is 16.8. The van der Waals surface area contributed by atoms with Crippen LogP contribution in [0.5, 0.6) is 0 Å². The Kier molecular flexibility index (Phi) is 4.86. The number of aliphatic hydroxyl groups excluding tert-OH is 1. The third-order valence-electron chi connectivity index (χ3n) is 3.76. The summed E-state index contributed by atoms with van der Waals surface area (Å²) in [5, 5.41) is 12.8. The molecule has 0 spiro atoms. The Morgan fingerprint density at radius 3 is 2.20 bits per heavy atom. The number of hydrogen-bond acceptors (Lipinski definition) is 2. The number of rotatable bonds is 4. The van der Waals surface area contributed by atoms with Gasteiger partial charge in [0.2, 0.25) is 0 Å². The van der Waals surface area contributed by atoms with Crippen LogP contribution in [0, 0.1) is 11.6 Å². The molecule has 1 atom stereocenters. The summed E-state index contributed by atoms with van der Waals surface area (Å²) in [7, 11) is 0. The van der Waals surface area contributed by atoms with E-state index in [-0.39, 0.29) is 0 Å². The van der Waals surface area contributed by atoms with E-state index in [1.54, 1.807) is 30.3 Å². The largest absolute Gasteiger partial charge is 0.378 e. The molecule has 3 rings (SSSR count). The number of anilines is 1. The minimum atomic E-state index is -1.35. The normalized spacial score (nSPS) is 11.8. The molecule has 25 heavy (non-hydrogen) atoms. The van der Waals surface area contributed by atoms with Crippen molar-refractivity contribution in [2.75, 3.05) is 5.32 Å². The van der Waals surface area contributed by atoms with Gasteiger partial charge in [-0.25, -0.2) is 8.78 Å². The molecule has 1 amide bonds. The maximum atomic E-state index is 13.6. The quantitative estimate of drug-likeness (QED) is 0.744. The van der Waals surface area contributed by atoms with Crippen molar-refractivity contribution < 1.29 is 18.7 Å². The third-order valence-corrected chi connectivity index (χ3v) is 3.76. The fourth-order valence-electron chi connectivity index (χ4n) is 2.48. The zero-order valence-corrected chi connectivity index (χ0v) is 13.1. The maximum absolute atomic E-state index is 13.6. The van der Waals surface area contributed by atoms with Crippen LogP contribution >= 0.6 is 0 Å². The van der Waals surface area contributed by atoms with Crippen LogP contribution in [-0.2, 0) is 4.79 Å². The molecule has 0 heterocycles. The van der Waals surface area contributed by atoms with Crippen LogP contribution < -0.4 is 5.32 Å². The van der Waals surface area contributed by atoms with Gasteiger partial charge in [-0.3, -0.25) is 4.79 Å². The van der Waals surface area contributed by atoms with Gasteiger partial charge in [0.05, 0.1) is 0 Å². The summed E-state index contributed by atoms with van der Waals surface area (Å²) in [6.45, 7) is 0. The molecule has 3 aromatic rings. The molecule has 0 bridgehead atoms. The van der Waals surface area contributed by atoms with E-state index in [9.17, 15) is 18.7 Å². The number of nitrogens with one attached hydrogen (secondary N) is 1. The summed E-state index contributed by atoms with van der Waals surface area (Å²) in [4.78, 5) is 12.3. The summed E-state index contributed by atoms with van der Waals surface area (Å²) in [5.41, 5.74) is 1.72. The molecule has 2 N–H and O–H groups in total. The monoisotopic (exact) mass is 339 g/mol. The Labute approximate surface area is 143 Å². The number of aliphatic hydroxyl groups is 1. The predicted octanol–water partition coefficient (Wildman–Crippen LogP) is 4.30. The molecule has 0 aliphatic carbocycles. The summed E-state index contributed by atoms with van der Waals surface area (Å²) < 4.78 is 26.7. The molecule has 0 radical (unpaired) electrons. The zero-order valence-electron chi connectivity index (χ0n) is 13.1. The van der Waals surface area contributed by atoms with Gasteiger partial charge in [-0.2, -0.15) is 0 Å². The smallest absolute Gasteiger partial charge is 0.257 e. The first-order valence-corrected chi connectivity index (χ1v) is 7.64. The van der Waals surface area contributed by atoms with Crippen LogP contribution in [0.1, 0.15) is 11.7 Å². The van der Waals surface area contributed by atoms with Crippen LogP contribution in [-0.4, -0.2) is 11.0 Å². The van der Waals surface area contributed by atoms with E-state index in [0.717, 1.165) is 0 Å². The summed E-state index contributed by atoms with van der Waals surface area (Å²) >= 11 is 0. The van der Waals surface area contributed by atoms with E-state index in [1.165, 1.54) is 42.5 Å². The van der Waals surface area contributed by atoms with Gasteiger partial charge in [0.15, 0.2) is 6.10 Å². The highest BCUT2D eigenvalue weighted by atomic mass is 19.1. The Bertz CT molecular complexity index is 880. The molecular formula is C20H15F2NO2. The second-order valence-electron chi connectivity index (χ2n) is 5.50. The Balaban J connectivity index is 1.90. The zero-order chi connectivity index (χ0) is 17.8. The Hall–Kier alpha value is -3.05. The van der Waals surface area contributed by atoms with E-state index in [2.05, 4.69) is 5.32 Å². The van der Waals surface area contributed by atoms with Crippen molar-refractivity contribution >= 4 is 11.6 Å². The lowest BCUT2D eigenvalue weighted by Crippen LogP contribution is -2.21. The second-order valence-corrected chi connectivity index (χ2v) is 5.50. The van der Waals surface area contributed by atoms with E-state index in [1.807, 2.05) is 0 Å². The van der Waals surface area contributed by atoms with Gasteiger partial charge in [0, 0.05) is 11.3 Å². The standard InChI is InChI=1S/C20H15F2NO2/c21-15-8-6-13(7-9-15)17-12-16(22)10-11-18(17)23-20(25)19(24)14-4-2-1-3-5-14/h1-12,19,24H,(H,23,25). The first-order valence-electron chi connectivity index (χ1n) is 7.64. The van der Waals surface area contributed by atoms with Crippen molar-refractivity contribution in [1.29, 1.82) is 0 Å². The fourth-order valence-corrected chi connectivity index (χ4v) is 2.48. The van der Waals surface area contributed by atoms with Crippen molar-refractivity contribution in [3.63, 3.8) is 0 Å². The van der Waals surface area contributed by atoms with Crippen molar-refractivity contribution in [3.05, 3.63) is 90.0 Å². The fraction of sp³-hybridized carbons (Fsp3) is 0.0500. The molecule has 0 aliphatic rings. The van der Waals surface area contributed by atoms with Crippen molar-refractivity contribution in [1.82, 2.24) is 0 Å². The molecule has 3 nitrogen and oxygen atoms in total. The number of carbonyl (C=O) groups excluding carboxylic acids is 1. The van der Waals surface area contributed by atoms with Crippen molar-refractivity contribution in [2.45, 2.75) is 6.10 Å². The number of halogens is 2. The van der Waals surface area contributed by atoms with Crippen LogP contribution in [0.15, 0.2) is 72.8 Å². The van der Waals surface area contributed by atoms with Gasteiger partial charge >= 0.3 is 0 Å². The molecule has 0 aromatic heterocycles. The molecule has 3 aromatic carbocycles. The molecule has 0 aliphatic heterocycles. The topological polar surface area (TPSA) is 49.3 Å². The summed E-state index contributed by atoms with van der Waals surface area (Å²) in [6.07, 6.45) is -1.35. The molecule has 1 unspecified atom stereocenters. The molecule has 5 heteroatoms. The highest BCUT2D eigenvalue weighted by Gasteiger charge is 2.19. The number of benzene rings is 3. The highest BCUT2D eigenvalue weighted by molar-refractivity contribution is 5.98. The van der Waals surface area contributed by atoms with Crippen molar-refractivity contribution in [2.24, 2.45) is 0 Å². The van der Waals surface area contributed by atoms with E-state index in [0.29, 0.717) is 22.4 Å². The molecule has 0 fully saturated rings. The van der Waals surface area contributed by atoms with E-state index >= 15 is 0 Å². The van der Waals surface area contributed by atoms with Gasteiger partial charge < -0.3 is 10.4 Å². The Morgan fingerprint density at radius 2 is 1.52 bits per heavy atom. The van der Waals surface area contributed by atoms with Gasteiger partial charge in [-0.05, 0) is 41.5 Å². The lowest BCUT2D eigenvalue weighted by atomic mass is 10.0. The molecule has 0 saturated heterocycles. The van der Waals surface area contributed by atoms with Crippen LogP contribution in [0.2, 0.25) is 0 Å².